The lowest BCUT2D eigenvalue weighted by Gasteiger charge is -2.05. The Labute approximate surface area is 81.3 Å². The van der Waals surface area contributed by atoms with Crippen LogP contribution in [0.5, 0.6) is 5.75 Å². The maximum absolute atomic E-state index is 10.8. The molecule has 0 aliphatic rings. The largest absolute Gasteiger partial charge is 0.494 e. The number of aromatic nitrogens is 1. The highest BCUT2D eigenvalue weighted by Crippen LogP contribution is 2.25. The molecular formula is C11H9NO2. The van der Waals surface area contributed by atoms with Gasteiger partial charge in [-0.25, -0.2) is 0 Å². The molecule has 2 rings (SSSR count). The molecule has 0 aliphatic heterocycles. The van der Waals surface area contributed by atoms with E-state index in [9.17, 15) is 4.79 Å². The molecule has 0 saturated carbocycles. The molecule has 0 N–H and O–H groups in total. The minimum atomic E-state index is 0.633. The molecule has 3 nitrogen and oxygen atoms in total. The van der Waals surface area contributed by atoms with Crippen LogP contribution in [0.1, 0.15) is 10.4 Å². The van der Waals surface area contributed by atoms with Crippen LogP contribution in [-0.4, -0.2) is 18.4 Å². The first-order valence-electron chi connectivity index (χ1n) is 4.23. The highest BCUT2D eigenvalue weighted by Gasteiger charge is 2.05. The Kier molecular flexibility index (Phi) is 2.14. The molecule has 0 amide bonds. The lowest BCUT2D eigenvalue weighted by Crippen LogP contribution is -1.90. The third kappa shape index (κ3) is 1.23. The first kappa shape index (κ1) is 8.69. The predicted molar refractivity (Wildman–Crippen MR) is 53.7 cm³/mol. The molecule has 0 spiro atoms. The SMILES string of the molecule is COc1ccc(C=O)c2cccnc12. The summed E-state index contributed by atoms with van der Waals surface area (Å²) in [5, 5.41) is 0.821. The Morgan fingerprint density at radius 2 is 2.21 bits per heavy atom. The summed E-state index contributed by atoms with van der Waals surface area (Å²) < 4.78 is 5.15. The summed E-state index contributed by atoms with van der Waals surface area (Å²) in [5.41, 5.74) is 1.36. The van der Waals surface area contributed by atoms with Gasteiger partial charge >= 0.3 is 0 Å². The molecule has 0 aliphatic carbocycles. The zero-order chi connectivity index (χ0) is 9.97. The second kappa shape index (κ2) is 3.46. The monoisotopic (exact) mass is 187 g/mol. The van der Waals surface area contributed by atoms with Crippen LogP contribution in [-0.2, 0) is 0 Å². The third-order valence-corrected chi connectivity index (χ3v) is 2.11. The molecule has 0 saturated heterocycles. The van der Waals surface area contributed by atoms with E-state index in [1.165, 1.54) is 0 Å². The van der Waals surface area contributed by atoms with Gasteiger partial charge in [0.2, 0.25) is 0 Å². The fourth-order valence-electron chi connectivity index (χ4n) is 1.44. The van der Waals surface area contributed by atoms with Crippen LogP contribution in [0, 0.1) is 0 Å². The van der Waals surface area contributed by atoms with Gasteiger partial charge in [0, 0.05) is 17.1 Å². The number of ether oxygens (including phenoxy) is 1. The number of carbonyl (C=O) groups is 1. The average Bonchev–Trinajstić information content (AvgIpc) is 2.27. The van der Waals surface area contributed by atoms with Gasteiger partial charge in [-0.2, -0.15) is 0 Å². The van der Waals surface area contributed by atoms with Gasteiger partial charge in [0.1, 0.15) is 11.3 Å². The van der Waals surface area contributed by atoms with Crippen LogP contribution >= 0.6 is 0 Å². The Morgan fingerprint density at radius 3 is 2.93 bits per heavy atom. The molecular weight excluding hydrogens is 178 g/mol. The van der Waals surface area contributed by atoms with Crippen LogP contribution in [0.15, 0.2) is 30.5 Å². The Hall–Kier alpha value is -1.90. The van der Waals surface area contributed by atoms with Crippen LogP contribution < -0.4 is 4.74 Å². The van der Waals surface area contributed by atoms with Crippen molar-refractivity contribution in [2.24, 2.45) is 0 Å². The molecule has 0 bridgehead atoms. The van der Waals surface area contributed by atoms with Crippen molar-refractivity contribution in [3.8, 4) is 5.75 Å². The maximum atomic E-state index is 10.8. The number of carbonyl (C=O) groups excluding carboxylic acids is 1. The molecule has 0 unspecified atom stereocenters. The number of rotatable bonds is 2. The second-order valence-electron chi connectivity index (χ2n) is 2.87. The first-order valence-corrected chi connectivity index (χ1v) is 4.23. The van der Waals surface area contributed by atoms with Crippen LogP contribution in [0.3, 0.4) is 0 Å². The van der Waals surface area contributed by atoms with E-state index in [2.05, 4.69) is 4.98 Å². The van der Waals surface area contributed by atoms with Gasteiger partial charge in [-0.3, -0.25) is 9.78 Å². The van der Waals surface area contributed by atoms with E-state index in [-0.39, 0.29) is 0 Å². The van der Waals surface area contributed by atoms with Gasteiger partial charge in [-0.05, 0) is 18.2 Å². The number of hydrogen-bond acceptors (Lipinski definition) is 3. The summed E-state index contributed by atoms with van der Waals surface area (Å²) in [6, 6.07) is 7.14. The van der Waals surface area contributed by atoms with Crippen molar-refractivity contribution < 1.29 is 9.53 Å². The third-order valence-electron chi connectivity index (χ3n) is 2.11. The topological polar surface area (TPSA) is 39.2 Å². The quantitative estimate of drug-likeness (QED) is 0.675. The van der Waals surface area contributed by atoms with Crippen molar-refractivity contribution >= 4 is 17.2 Å². The van der Waals surface area contributed by atoms with E-state index < -0.39 is 0 Å². The molecule has 14 heavy (non-hydrogen) atoms. The average molecular weight is 187 g/mol. The molecule has 2 aromatic rings. The number of methoxy groups -OCH3 is 1. The zero-order valence-corrected chi connectivity index (χ0v) is 7.73. The van der Waals surface area contributed by atoms with E-state index in [1.54, 1.807) is 31.5 Å². The first-order chi connectivity index (χ1) is 6.86. The number of aldehydes is 1. The van der Waals surface area contributed by atoms with E-state index >= 15 is 0 Å². The smallest absolute Gasteiger partial charge is 0.150 e. The van der Waals surface area contributed by atoms with Crippen molar-refractivity contribution in [3.05, 3.63) is 36.0 Å². The number of hydrogen-bond donors (Lipinski definition) is 0. The van der Waals surface area contributed by atoms with Crippen molar-refractivity contribution in [2.45, 2.75) is 0 Å². The summed E-state index contributed by atoms with van der Waals surface area (Å²) in [6.07, 6.45) is 2.50. The van der Waals surface area contributed by atoms with Crippen LogP contribution in [0.2, 0.25) is 0 Å². The predicted octanol–water partition coefficient (Wildman–Crippen LogP) is 2.06. The Morgan fingerprint density at radius 1 is 1.36 bits per heavy atom. The molecule has 1 heterocycles. The van der Waals surface area contributed by atoms with Gasteiger partial charge in [0.15, 0.2) is 6.29 Å². The van der Waals surface area contributed by atoms with Gasteiger partial charge in [-0.1, -0.05) is 6.07 Å². The fourth-order valence-corrected chi connectivity index (χ4v) is 1.44. The van der Waals surface area contributed by atoms with E-state index in [0.717, 1.165) is 17.2 Å². The lowest BCUT2D eigenvalue weighted by atomic mass is 10.1. The summed E-state index contributed by atoms with van der Waals surface area (Å²) in [5.74, 6) is 0.686. The Bertz CT molecular complexity index is 480. The van der Waals surface area contributed by atoms with E-state index in [0.29, 0.717) is 11.3 Å². The normalized spacial score (nSPS) is 10.1. The highest BCUT2D eigenvalue weighted by molar-refractivity contribution is 5.98. The maximum Gasteiger partial charge on any atom is 0.150 e. The molecule has 70 valence electrons. The minimum Gasteiger partial charge on any atom is -0.494 e. The number of pyridine rings is 1. The summed E-state index contributed by atoms with van der Waals surface area (Å²) in [7, 11) is 1.59. The van der Waals surface area contributed by atoms with Gasteiger partial charge in [0.25, 0.3) is 0 Å². The van der Waals surface area contributed by atoms with Crippen molar-refractivity contribution in [3.63, 3.8) is 0 Å². The molecule has 0 radical (unpaired) electrons. The zero-order valence-electron chi connectivity index (χ0n) is 7.73. The summed E-state index contributed by atoms with van der Waals surface area (Å²) in [6.45, 7) is 0. The lowest BCUT2D eigenvalue weighted by molar-refractivity contribution is 0.112. The van der Waals surface area contributed by atoms with Crippen molar-refractivity contribution in [1.29, 1.82) is 0 Å². The Balaban J connectivity index is 2.84. The minimum absolute atomic E-state index is 0.633. The van der Waals surface area contributed by atoms with Gasteiger partial charge in [-0.15, -0.1) is 0 Å². The van der Waals surface area contributed by atoms with Crippen molar-refractivity contribution in [2.75, 3.05) is 7.11 Å². The molecule has 1 aromatic heterocycles. The fraction of sp³-hybridized carbons (Fsp3) is 0.0909. The number of benzene rings is 1. The summed E-state index contributed by atoms with van der Waals surface area (Å²) in [4.78, 5) is 14.9. The van der Waals surface area contributed by atoms with Crippen LogP contribution in [0.25, 0.3) is 10.9 Å². The standard InChI is InChI=1S/C11H9NO2/c1-14-10-5-4-8(7-13)9-3-2-6-12-11(9)10/h2-7H,1H3. The molecule has 0 atom stereocenters. The number of fused-ring (bicyclic) bond motifs is 1. The molecule has 3 heteroatoms. The number of nitrogens with zero attached hydrogens (tertiary/aromatic N) is 1. The summed E-state index contributed by atoms with van der Waals surface area (Å²) >= 11 is 0. The second-order valence-corrected chi connectivity index (χ2v) is 2.87. The van der Waals surface area contributed by atoms with Gasteiger partial charge < -0.3 is 4.74 Å². The van der Waals surface area contributed by atoms with Crippen LogP contribution in [0.4, 0.5) is 0 Å². The molecule has 0 fully saturated rings. The molecule has 1 aromatic carbocycles. The van der Waals surface area contributed by atoms with Gasteiger partial charge in [0.05, 0.1) is 7.11 Å². The van der Waals surface area contributed by atoms with E-state index in [4.69, 9.17) is 4.74 Å². The van der Waals surface area contributed by atoms with E-state index in [1.807, 2.05) is 6.07 Å². The highest BCUT2D eigenvalue weighted by atomic mass is 16.5. The van der Waals surface area contributed by atoms with Crippen molar-refractivity contribution in [1.82, 2.24) is 4.98 Å².